The number of carbonyl (C=O) groups excluding carboxylic acids is 2. The van der Waals surface area contributed by atoms with E-state index in [0.717, 1.165) is 63.2 Å². The number of hydrogen-bond acceptors (Lipinski definition) is 13. The average molecular weight is 1000 g/mol. The lowest BCUT2D eigenvalue weighted by atomic mass is 10.0. The lowest BCUT2D eigenvalue weighted by molar-refractivity contribution is -0.172. The van der Waals surface area contributed by atoms with E-state index in [-0.39, 0.29) is 39.1 Å². The summed E-state index contributed by atoms with van der Waals surface area (Å²) in [6, 6.07) is 8.15. The SMILES string of the molecule is CCCCCCCC/C=C\CCCCCCCC(=O)O[C@@H](COP(=O)(O)OCCN)[C@H](Cn1cc(COc2ccc3ccc(=O)oc3c2)nn1)OC(=O)CCCCCCCCCCCCCCCCC. The van der Waals surface area contributed by atoms with Crippen molar-refractivity contribution in [1.29, 1.82) is 0 Å². The molecular formula is C54H89N4O11P. The first-order valence-electron chi connectivity index (χ1n) is 27.0. The predicted molar refractivity (Wildman–Crippen MR) is 276 cm³/mol. The van der Waals surface area contributed by atoms with Gasteiger partial charge in [0.15, 0.2) is 12.2 Å². The van der Waals surface area contributed by atoms with Gasteiger partial charge in [0.2, 0.25) is 0 Å². The van der Waals surface area contributed by atoms with Gasteiger partial charge in [0.25, 0.3) is 0 Å². The van der Waals surface area contributed by atoms with Crippen LogP contribution in [0.15, 0.2) is 57.9 Å². The smallest absolute Gasteiger partial charge is 0.472 e. The molecular weight excluding hydrogens is 912 g/mol. The van der Waals surface area contributed by atoms with Gasteiger partial charge in [-0.1, -0.05) is 172 Å². The van der Waals surface area contributed by atoms with E-state index in [1.165, 1.54) is 120 Å². The van der Waals surface area contributed by atoms with Gasteiger partial charge in [-0.3, -0.25) is 18.6 Å². The maximum atomic E-state index is 13.5. The van der Waals surface area contributed by atoms with Gasteiger partial charge in [0.1, 0.15) is 23.6 Å². The molecule has 0 fully saturated rings. The van der Waals surface area contributed by atoms with Crippen molar-refractivity contribution in [3.63, 3.8) is 0 Å². The van der Waals surface area contributed by atoms with Crippen molar-refractivity contribution in [1.82, 2.24) is 15.0 Å². The summed E-state index contributed by atoms with van der Waals surface area (Å²) >= 11 is 0. The van der Waals surface area contributed by atoms with Crippen LogP contribution >= 0.6 is 7.82 Å². The van der Waals surface area contributed by atoms with Crippen LogP contribution in [0.3, 0.4) is 0 Å². The van der Waals surface area contributed by atoms with E-state index >= 15 is 0 Å². The van der Waals surface area contributed by atoms with E-state index < -0.39 is 44.2 Å². The number of fused-ring (bicyclic) bond motifs is 1. The van der Waals surface area contributed by atoms with E-state index in [1.54, 1.807) is 30.5 Å². The van der Waals surface area contributed by atoms with E-state index in [0.29, 0.717) is 29.9 Å². The first kappa shape index (κ1) is 60.4. The Hall–Kier alpha value is -3.88. The fourth-order valence-electron chi connectivity index (χ4n) is 8.22. The minimum Gasteiger partial charge on any atom is -0.487 e. The lowest BCUT2D eigenvalue weighted by Gasteiger charge is -2.27. The van der Waals surface area contributed by atoms with Crippen LogP contribution in [-0.2, 0) is 45.8 Å². The van der Waals surface area contributed by atoms with Gasteiger partial charge in [-0.2, -0.15) is 0 Å². The zero-order chi connectivity index (χ0) is 50.3. The number of hydrogen-bond donors (Lipinski definition) is 2. The minimum atomic E-state index is -4.61. The Morgan fingerprint density at radius 1 is 0.700 bits per heavy atom. The average Bonchev–Trinajstić information content (AvgIpc) is 3.80. The molecule has 0 amide bonds. The van der Waals surface area contributed by atoms with Crippen LogP contribution < -0.4 is 16.1 Å². The number of benzene rings is 1. The fourth-order valence-corrected chi connectivity index (χ4v) is 8.97. The first-order chi connectivity index (χ1) is 34.1. The molecule has 0 aliphatic carbocycles. The van der Waals surface area contributed by atoms with Crippen molar-refractivity contribution in [2.24, 2.45) is 5.73 Å². The molecule has 2 heterocycles. The molecule has 396 valence electrons. The number of rotatable bonds is 45. The maximum absolute atomic E-state index is 13.5. The molecule has 16 heteroatoms. The Morgan fingerprint density at radius 2 is 1.20 bits per heavy atom. The Bertz CT molecular complexity index is 1960. The predicted octanol–water partition coefficient (Wildman–Crippen LogP) is 13.2. The topological polar surface area (TPSA) is 205 Å². The zero-order valence-corrected chi connectivity index (χ0v) is 43.8. The van der Waals surface area contributed by atoms with Gasteiger partial charge in [-0.25, -0.2) is 14.0 Å². The van der Waals surface area contributed by atoms with Gasteiger partial charge in [0, 0.05) is 36.9 Å². The third kappa shape index (κ3) is 29.5. The van der Waals surface area contributed by atoms with Crippen LogP contribution in [0.25, 0.3) is 11.0 Å². The monoisotopic (exact) mass is 1000 g/mol. The number of nitrogens with zero attached hydrogens (tertiary/aromatic N) is 3. The van der Waals surface area contributed by atoms with Crippen molar-refractivity contribution in [2.75, 3.05) is 19.8 Å². The quantitative estimate of drug-likeness (QED) is 0.0178. The highest BCUT2D eigenvalue weighted by Gasteiger charge is 2.33. The molecule has 70 heavy (non-hydrogen) atoms. The molecule has 1 unspecified atom stereocenters. The molecule has 0 aliphatic heterocycles. The molecule has 15 nitrogen and oxygen atoms in total. The summed E-state index contributed by atoms with van der Waals surface area (Å²) in [6.45, 7) is 3.53. The standard InChI is InChI=1S/C54H89N4O11P/c1-3-5-7-9-11-13-15-17-19-21-23-25-27-29-31-33-52(59)68-50(43-58-42-47(56-57-58)44-64-48-37-35-46-36-38-54(61)67-49(46)41-48)51(45-66-70(62,63)65-40-39-55)69-53(60)34-32-30-28-26-24-22-20-18-16-14-12-10-8-6-4-2/h18,20,35-38,41-42,50-51H,3-17,19,21-34,39-40,43-45,55H2,1-2H3,(H,62,63)/b20-18-/t50-,51-/m0/s1. The number of ether oxygens (including phenoxy) is 3. The Kier molecular flexibility index (Phi) is 33.5. The maximum Gasteiger partial charge on any atom is 0.472 e. The second-order valence-electron chi connectivity index (χ2n) is 18.7. The summed E-state index contributed by atoms with van der Waals surface area (Å²) in [5, 5.41) is 9.19. The summed E-state index contributed by atoms with van der Waals surface area (Å²) < 4.78 is 47.6. The van der Waals surface area contributed by atoms with Gasteiger partial charge < -0.3 is 29.3 Å². The van der Waals surface area contributed by atoms with Crippen LogP contribution in [0.2, 0.25) is 0 Å². The molecule has 0 bridgehead atoms. The molecule has 0 aliphatic rings. The molecule has 0 saturated carbocycles. The third-order valence-electron chi connectivity index (χ3n) is 12.3. The van der Waals surface area contributed by atoms with Crippen LogP contribution in [0.5, 0.6) is 5.75 Å². The van der Waals surface area contributed by atoms with E-state index in [1.807, 2.05) is 0 Å². The van der Waals surface area contributed by atoms with Gasteiger partial charge >= 0.3 is 25.4 Å². The van der Waals surface area contributed by atoms with Crippen LogP contribution in [0.1, 0.15) is 212 Å². The number of phosphoric ester groups is 1. The normalized spacial score (nSPS) is 13.4. The highest BCUT2D eigenvalue weighted by Crippen LogP contribution is 2.43. The zero-order valence-electron chi connectivity index (χ0n) is 42.9. The number of allylic oxidation sites excluding steroid dienone is 2. The number of aromatic nitrogens is 3. The van der Waals surface area contributed by atoms with Crippen molar-refractivity contribution >= 4 is 30.7 Å². The summed E-state index contributed by atoms with van der Waals surface area (Å²) in [4.78, 5) is 49.0. The summed E-state index contributed by atoms with van der Waals surface area (Å²) in [7, 11) is -4.61. The third-order valence-corrected chi connectivity index (χ3v) is 13.3. The molecule has 3 N–H and O–H groups in total. The second-order valence-corrected chi connectivity index (χ2v) is 20.1. The summed E-state index contributed by atoms with van der Waals surface area (Å²) in [6.07, 6.45) is 36.5. The Labute approximate surface area is 419 Å². The molecule has 0 spiro atoms. The van der Waals surface area contributed by atoms with Gasteiger partial charge in [0.05, 0.1) is 26.0 Å². The molecule has 3 rings (SSSR count). The number of phosphoric acid groups is 1. The van der Waals surface area contributed by atoms with Crippen molar-refractivity contribution in [3.05, 3.63) is 64.8 Å². The van der Waals surface area contributed by atoms with E-state index in [4.69, 9.17) is 33.4 Å². The first-order valence-corrected chi connectivity index (χ1v) is 28.5. The molecule has 3 aromatic rings. The van der Waals surface area contributed by atoms with Gasteiger partial charge in [-0.05, 0) is 56.7 Å². The van der Waals surface area contributed by atoms with E-state index in [9.17, 15) is 23.8 Å². The van der Waals surface area contributed by atoms with Crippen LogP contribution in [-0.4, -0.2) is 63.8 Å². The van der Waals surface area contributed by atoms with E-state index in [2.05, 4.69) is 36.3 Å². The number of nitrogens with two attached hydrogens (primary N) is 1. The molecule has 1 aromatic carbocycles. The molecule has 0 radical (unpaired) electrons. The largest absolute Gasteiger partial charge is 0.487 e. The van der Waals surface area contributed by atoms with Crippen molar-refractivity contribution in [3.8, 4) is 5.75 Å². The van der Waals surface area contributed by atoms with Crippen LogP contribution in [0.4, 0.5) is 0 Å². The molecule has 3 atom stereocenters. The highest BCUT2D eigenvalue weighted by molar-refractivity contribution is 7.47. The highest BCUT2D eigenvalue weighted by atomic mass is 31.2. The van der Waals surface area contributed by atoms with Crippen molar-refractivity contribution < 1.29 is 46.7 Å². The van der Waals surface area contributed by atoms with Crippen molar-refractivity contribution in [2.45, 2.75) is 232 Å². The number of unbranched alkanes of at least 4 members (excludes halogenated alkanes) is 25. The molecule has 2 aromatic heterocycles. The fraction of sp³-hybridized carbons (Fsp3) is 0.722. The van der Waals surface area contributed by atoms with Crippen LogP contribution in [0, 0.1) is 0 Å². The molecule has 0 saturated heterocycles. The number of carbonyl (C=O) groups is 2. The summed E-state index contributed by atoms with van der Waals surface area (Å²) in [5.41, 5.74) is 5.83. The minimum absolute atomic E-state index is 0.00980. The second kappa shape index (κ2) is 38.8. The Morgan fingerprint density at radius 3 is 1.74 bits per heavy atom. The van der Waals surface area contributed by atoms with Gasteiger partial charge in [-0.15, -0.1) is 5.10 Å². The Balaban J connectivity index is 1.57. The number of esters is 2. The summed E-state index contributed by atoms with van der Waals surface area (Å²) in [5.74, 6) is -0.608. The lowest BCUT2D eigenvalue weighted by Crippen LogP contribution is -2.41.